The second kappa shape index (κ2) is 16.8. The molecule has 0 N–H and O–H groups in total. The molecule has 0 saturated carbocycles. The van der Waals surface area contributed by atoms with Crippen LogP contribution >= 0.6 is 0 Å². The molecule has 0 atom stereocenters. The fourth-order valence-electron chi connectivity index (χ4n) is 12.3. The fourth-order valence-corrected chi connectivity index (χ4v) is 12.3. The van der Waals surface area contributed by atoms with Crippen LogP contribution in [0, 0.1) is 0 Å². The summed E-state index contributed by atoms with van der Waals surface area (Å²) >= 11 is 0. The van der Waals surface area contributed by atoms with Gasteiger partial charge < -0.3 is 32.8 Å². The number of hydrogen-bond acceptors (Lipinski definition) is 8. The fraction of sp³-hybridized carbons (Fsp3) is 0.0735. The van der Waals surface area contributed by atoms with E-state index in [1.165, 1.54) is 5.56 Å². The van der Waals surface area contributed by atoms with Crippen LogP contribution in [0.5, 0.6) is 34.9 Å². The first-order chi connectivity index (χ1) is 38.3. The van der Waals surface area contributed by atoms with Crippen molar-refractivity contribution in [1.29, 1.82) is 0 Å². The van der Waals surface area contributed by atoms with E-state index in [2.05, 4.69) is 205 Å². The Morgan fingerprint density at radius 3 is 1.81 bits per heavy atom. The zero-order valence-corrected chi connectivity index (χ0v) is 42.9. The van der Waals surface area contributed by atoms with E-state index in [0.29, 0.717) is 30.1 Å². The van der Waals surface area contributed by atoms with E-state index >= 15 is 0 Å². The minimum absolute atomic E-state index is 0.0338. The van der Waals surface area contributed by atoms with Gasteiger partial charge in [0.05, 0.1) is 28.1 Å². The predicted molar refractivity (Wildman–Crippen MR) is 314 cm³/mol. The molecule has 9 aromatic carbocycles. The monoisotopic (exact) mass is 1010 g/mol. The second-order valence-electron chi connectivity index (χ2n) is 21.5. The molecule has 3 aliphatic heterocycles. The number of ether oxygens (including phenoxy) is 3. The summed E-state index contributed by atoms with van der Waals surface area (Å²) in [6.07, 6.45) is 1.92. The van der Waals surface area contributed by atoms with Crippen molar-refractivity contribution in [2.24, 2.45) is 0 Å². The molecule has 78 heavy (non-hydrogen) atoms. The molecule has 13 aromatic rings. The van der Waals surface area contributed by atoms with E-state index in [4.69, 9.17) is 28.0 Å². The van der Waals surface area contributed by atoms with Crippen LogP contribution in [-0.4, -0.2) is 22.9 Å². The summed E-state index contributed by atoms with van der Waals surface area (Å²) in [6.45, 7) is 6.97. The van der Waals surface area contributed by atoms with Gasteiger partial charge in [0.25, 0.3) is 18.6 Å². The van der Waals surface area contributed by atoms with Crippen LogP contribution in [0.15, 0.2) is 227 Å². The Labute approximate surface area is 449 Å². The molecule has 10 heteroatoms. The standard InChI is InChI=1S/C68H47BN4O5/c1-68(2,3)43-33-34-70-61(37-43)73-53-26-10-7-21-49(53)50-32-31-46(39-56(50)73)74-45-20-15-19-44(38-45)71-40-72(55-28-12-11-27-54(55)71)65-47(41-17-5-4-6-18-41)24-16-25-48(65)42-35-59-64-60(36-42)78-67-63(52-23-9-14-30-58(52)76-67)69(64)62-51-22-8-13-29-57(51)75-66(62)77-59/h4-39H,40H2,1-3H3. The third kappa shape index (κ3) is 6.79. The third-order valence-corrected chi connectivity index (χ3v) is 15.9. The molecule has 0 spiro atoms. The minimum Gasteiger partial charge on any atom is -0.457 e. The third-order valence-electron chi connectivity index (χ3n) is 15.9. The Morgan fingerprint density at radius 1 is 0.487 bits per heavy atom. The van der Waals surface area contributed by atoms with Crippen LogP contribution in [0.2, 0.25) is 0 Å². The number of fused-ring (bicyclic) bond motifs is 12. The van der Waals surface area contributed by atoms with Crippen LogP contribution in [0.25, 0.3) is 71.8 Å². The van der Waals surface area contributed by atoms with Crippen molar-refractivity contribution in [2.45, 2.75) is 26.2 Å². The molecule has 9 nitrogen and oxygen atoms in total. The maximum atomic E-state index is 6.90. The molecule has 0 fully saturated rings. The van der Waals surface area contributed by atoms with E-state index in [-0.39, 0.29) is 12.1 Å². The van der Waals surface area contributed by atoms with E-state index in [9.17, 15) is 0 Å². The molecule has 4 aromatic heterocycles. The van der Waals surface area contributed by atoms with Gasteiger partial charge in [0.15, 0.2) is 0 Å². The molecule has 0 saturated heterocycles. The van der Waals surface area contributed by atoms with Crippen LogP contribution in [-0.2, 0) is 5.41 Å². The Morgan fingerprint density at radius 2 is 1.09 bits per heavy atom. The number of benzene rings is 9. The number of anilines is 4. The lowest BCUT2D eigenvalue weighted by Crippen LogP contribution is -2.56. The number of furan rings is 2. The van der Waals surface area contributed by atoms with Crippen molar-refractivity contribution in [3.8, 4) is 63.0 Å². The van der Waals surface area contributed by atoms with Crippen molar-refractivity contribution in [2.75, 3.05) is 16.5 Å². The molecular formula is C68H47BN4O5. The molecule has 0 radical (unpaired) electrons. The van der Waals surface area contributed by atoms with Crippen molar-refractivity contribution in [3.05, 3.63) is 224 Å². The van der Waals surface area contributed by atoms with Gasteiger partial charge in [-0.1, -0.05) is 142 Å². The number of nitrogens with zero attached hydrogens (tertiary/aromatic N) is 4. The molecule has 0 aliphatic carbocycles. The zero-order valence-electron chi connectivity index (χ0n) is 42.9. The average Bonchev–Trinajstić information content (AvgIpc) is 4.16. The quantitative estimate of drug-likeness (QED) is 0.146. The normalized spacial score (nSPS) is 13.4. The molecule has 16 rings (SSSR count). The number of rotatable bonds is 7. The SMILES string of the molecule is CC(C)(C)c1ccnc(-n2c3ccccc3c3ccc(Oc4cccc(N5CN(c6c(-c7ccccc7)cccc6-c6cc7c8c(c6)Oc6oc9ccccc9c6B8c6c(oc8ccccc68)O7)c6ccccc65)c4)cc32)c1. The van der Waals surface area contributed by atoms with Gasteiger partial charge in [0, 0.05) is 73.1 Å². The van der Waals surface area contributed by atoms with E-state index in [1.807, 2.05) is 48.7 Å². The van der Waals surface area contributed by atoms with Crippen molar-refractivity contribution in [1.82, 2.24) is 9.55 Å². The molecule has 0 bridgehead atoms. The van der Waals surface area contributed by atoms with Crippen LogP contribution < -0.4 is 40.4 Å². The second-order valence-corrected chi connectivity index (χ2v) is 21.5. The van der Waals surface area contributed by atoms with Crippen LogP contribution in [0.4, 0.5) is 22.7 Å². The smallest absolute Gasteiger partial charge is 0.285 e. The highest BCUT2D eigenvalue weighted by molar-refractivity contribution is 7.00. The van der Waals surface area contributed by atoms with Gasteiger partial charge in [0.1, 0.15) is 46.7 Å². The van der Waals surface area contributed by atoms with Gasteiger partial charge in [0.2, 0.25) is 0 Å². The Kier molecular flexibility index (Phi) is 9.55. The van der Waals surface area contributed by atoms with E-state index < -0.39 is 0 Å². The highest BCUT2D eigenvalue weighted by Gasteiger charge is 2.46. The summed E-state index contributed by atoms with van der Waals surface area (Å²) in [5.41, 5.74) is 16.0. The number of pyridine rings is 1. The van der Waals surface area contributed by atoms with Crippen LogP contribution in [0.3, 0.4) is 0 Å². The van der Waals surface area contributed by atoms with Crippen LogP contribution in [0.1, 0.15) is 26.3 Å². The van der Waals surface area contributed by atoms with Gasteiger partial charge in [-0.2, -0.15) is 0 Å². The van der Waals surface area contributed by atoms with Crippen molar-refractivity contribution >= 4 is 89.6 Å². The molecule has 7 heterocycles. The Bertz CT molecular complexity index is 4500. The lowest BCUT2D eigenvalue weighted by atomic mass is 9.35. The Balaban J connectivity index is 0.801. The first-order valence-electron chi connectivity index (χ1n) is 26.5. The maximum absolute atomic E-state index is 6.90. The van der Waals surface area contributed by atoms with Gasteiger partial charge in [-0.05, 0) is 101 Å². The lowest BCUT2D eigenvalue weighted by molar-refractivity contribution is 0.350. The number of para-hydroxylation sites is 6. The van der Waals surface area contributed by atoms with Gasteiger partial charge in [-0.3, -0.25) is 4.57 Å². The summed E-state index contributed by atoms with van der Waals surface area (Å²) < 4.78 is 36.0. The van der Waals surface area contributed by atoms with Crippen molar-refractivity contribution < 1.29 is 23.0 Å². The number of aromatic nitrogens is 2. The van der Waals surface area contributed by atoms with Gasteiger partial charge in [-0.15, -0.1) is 0 Å². The van der Waals surface area contributed by atoms with Gasteiger partial charge >= 0.3 is 0 Å². The minimum atomic E-state index is -0.249. The summed E-state index contributed by atoms with van der Waals surface area (Å²) in [6, 6.07) is 74.0. The summed E-state index contributed by atoms with van der Waals surface area (Å²) in [5.74, 6) is 4.65. The van der Waals surface area contributed by atoms with E-state index in [0.717, 1.165) is 122 Å². The largest absolute Gasteiger partial charge is 0.457 e. The predicted octanol–water partition coefficient (Wildman–Crippen LogP) is 16.1. The lowest BCUT2D eigenvalue weighted by Gasteiger charge is -2.30. The maximum Gasteiger partial charge on any atom is 0.285 e. The number of hydrogen-bond donors (Lipinski definition) is 0. The first kappa shape index (κ1) is 44.4. The van der Waals surface area contributed by atoms with Gasteiger partial charge in [-0.25, -0.2) is 4.98 Å². The topological polar surface area (TPSA) is 78.3 Å². The highest BCUT2D eigenvalue weighted by atomic mass is 16.6. The van der Waals surface area contributed by atoms with E-state index in [1.54, 1.807) is 0 Å². The highest BCUT2D eigenvalue weighted by Crippen LogP contribution is 2.52. The first-order valence-corrected chi connectivity index (χ1v) is 26.5. The molecular weight excluding hydrogens is 964 g/mol. The summed E-state index contributed by atoms with van der Waals surface area (Å²) in [4.78, 5) is 9.70. The molecule has 372 valence electrons. The Hall–Kier alpha value is -9.93. The molecule has 0 amide bonds. The average molecular weight is 1010 g/mol. The molecule has 0 unspecified atom stereocenters. The molecule has 3 aliphatic rings. The zero-order chi connectivity index (χ0) is 51.8. The summed E-state index contributed by atoms with van der Waals surface area (Å²) in [7, 11) is 0. The van der Waals surface area contributed by atoms with Crippen molar-refractivity contribution in [3.63, 3.8) is 0 Å². The summed E-state index contributed by atoms with van der Waals surface area (Å²) in [5, 5.41) is 4.30.